The van der Waals surface area contributed by atoms with Gasteiger partial charge in [0.1, 0.15) is 0 Å². The van der Waals surface area contributed by atoms with Crippen molar-refractivity contribution in [1.29, 1.82) is 0 Å². The number of guanidine groups is 1. The van der Waals surface area contributed by atoms with Crippen LogP contribution in [0.1, 0.15) is 22.5 Å². The molecule has 144 valence electrons. The van der Waals surface area contributed by atoms with Crippen LogP contribution in [0.2, 0.25) is 0 Å². The molecule has 0 aliphatic heterocycles. The van der Waals surface area contributed by atoms with Crippen LogP contribution in [-0.2, 0) is 20.1 Å². The van der Waals surface area contributed by atoms with Crippen LogP contribution in [0, 0.1) is 13.8 Å². The molecule has 0 fully saturated rings. The summed E-state index contributed by atoms with van der Waals surface area (Å²) in [6, 6.07) is 10.1. The molecule has 2 heterocycles. The van der Waals surface area contributed by atoms with Crippen molar-refractivity contribution in [2.45, 2.75) is 26.9 Å². The smallest absolute Gasteiger partial charge is 0.191 e. The van der Waals surface area contributed by atoms with Crippen LogP contribution in [-0.4, -0.2) is 32.6 Å². The number of nitrogens with zero attached hydrogens (tertiary/aromatic N) is 5. The Balaban J connectivity index is 0.00000261. The number of benzene rings is 1. The molecular formula is C19H26IN7. The molecule has 0 unspecified atom stereocenters. The maximum atomic E-state index is 4.44. The second-order valence-corrected chi connectivity index (χ2v) is 6.18. The summed E-state index contributed by atoms with van der Waals surface area (Å²) in [5.41, 5.74) is 5.54. The quantitative estimate of drug-likeness (QED) is 0.336. The van der Waals surface area contributed by atoms with Crippen LogP contribution >= 0.6 is 24.0 Å². The molecule has 0 saturated carbocycles. The zero-order chi connectivity index (χ0) is 18.5. The van der Waals surface area contributed by atoms with Gasteiger partial charge in [0.25, 0.3) is 0 Å². The first-order valence-electron chi connectivity index (χ1n) is 8.61. The van der Waals surface area contributed by atoms with Crippen molar-refractivity contribution in [2.75, 3.05) is 7.05 Å². The summed E-state index contributed by atoms with van der Waals surface area (Å²) in [4.78, 5) is 4.29. The van der Waals surface area contributed by atoms with Crippen molar-refractivity contribution in [3.05, 3.63) is 65.2 Å². The number of aliphatic imine (C=N–C) groups is 1. The van der Waals surface area contributed by atoms with E-state index in [1.807, 2.05) is 66.1 Å². The fourth-order valence-electron chi connectivity index (χ4n) is 2.83. The molecule has 8 heteroatoms. The van der Waals surface area contributed by atoms with Gasteiger partial charge in [0, 0.05) is 50.2 Å². The summed E-state index contributed by atoms with van der Waals surface area (Å²) in [5.74, 6) is 0.750. The highest BCUT2D eigenvalue weighted by Gasteiger charge is 2.10. The average Bonchev–Trinajstić information content (AvgIpc) is 3.22. The molecule has 0 saturated heterocycles. The van der Waals surface area contributed by atoms with Crippen LogP contribution in [0.25, 0.3) is 5.69 Å². The third kappa shape index (κ3) is 5.09. The number of aromatic nitrogens is 4. The number of nitrogens with one attached hydrogen (secondary N) is 2. The third-order valence-corrected chi connectivity index (χ3v) is 4.43. The van der Waals surface area contributed by atoms with E-state index in [0.717, 1.165) is 28.6 Å². The summed E-state index contributed by atoms with van der Waals surface area (Å²) < 4.78 is 3.77. The zero-order valence-electron chi connectivity index (χ0n) is 16.1. The highest BCUT2D eigenvalue weighted by atomic mass is 127. The van der Waals surface area contributed by atoms with Crippen LogP contribution in [0.4, 0.5) is 0 Å². The van der Waals surface area contributed by atoms with E-state index < -0.39 is 0 Å². The van der Waals surface area contributed by atoms with Gasteiger partial charge in [-0.3, -0.25) is 9.67 Å². The van der Waals surface area contributed by atoms with Gasteiger partial charge < -0.3 is 10.6 Å². The highest BCUT2D eigenvalue weighted by Crippen LogP contribution is 2.11. The minimum Gasteiger partial charge on any atom is -0.352 e. The van der Waals surface area contributed by atoms with E-state index >= 15 is 0 Å². The maximum Gasteiger partial charge on any atom is 0.191 e. The standard InChI is InChI=1S/C19H25N7.HI/c1-14-18(15(2)25(4)24-14)12-22-19(20-3)21-10-16-11-23-26(13-16)17-8-6-5-7-9-17;/h5-9,11,13H,10,12H2,1-4H3,(H2,20,21,22);1H. The van der Waals surface area contributed by atoms with Crippen molar-refractivity contribution in [2.24, 2.45) is 12.0 Å². The molecule has 0 radical (unpaired) electrons. The van der Waals surface area contributed by atoms with Gasteiger partial charge >= 0.3 is 0 Å². The number of aryl methyl sites for hydroxylation is 2. The van der Waals surface area contributed by atoms with E-state index in [2.05, 4.69) is 32.7 Å². The van der Waals surface area contributed by atoms with Crippen molar-refractivity contribution < 1.29 is 0 Å². The zero-order valence-corrected chi connectivity index (χ0v) is 18.4. The molecule has 27 heavy (non-hydrogen) atoms. The van der Waals surface area contributed by atoms with E-state index in [4.69, 9.17) is 0 Å². The first-order chi connectivity index (χ1) is 12.6. The number of hydrogen-bond acceptors (Lipinski definition) is 3. The molecule has 2 aromatic heterocycles. The molecule has 0 atom stereocenters. The van der Waals surface area contributed by atoms with Crippen molar-refractivity contribution in [3.8, 4) is 5.69 Å². The van der Waals surface area contributed by atoms with Crippen LogP contribution in [0.3, 0.4) is 0 Å². The lowest BCUT2D eigenvalue weighted by atomic mass is 10.2. The minimum absolute atomic E-state index is 0. The van der Waals surface area contributed by atoms with Crippen LogP contribution in [0.5, 0.6) is 0 Å². The average molecular weight is 479 g/mol. The Hall–Kier alpha value is -2.36. The fourth-order valence-corrected chi connectivity index (χ4v) is 2.83. The van der Waals surface area contributed by atoms with E-state index in [-0.39, 0.29) is 24.0 Å². The molecule has 0 aliphatic carbocycles. The summed E-state index contributed by atoms with van der Waals surface area (Å²) in [5, 5.41) is 15.5. The Morgan fingerprint density at radius 1 is 1.11 bits per heavy atom. The van der Waals surface area contributed by atoms with Gasteiger partial charge in [-0.1, -0.05) is 18.2 Å². The van der Waals surface area contributed by atoms with E-state index in [9.17, 15) is 0 Å². The Morgan fingerprint density at radius 3 is 2.44 bits per heavy atom. The molecule has 7 nitrogen and oxygen atoms in total. The number of hydrogen-bond donors (Lipinski definition) is 2. The van der Waals surface area contributed by atoms with E-state index in [1.165, 1.54) is 5.56 Å². The van der Waals surface area contributed by atoms with Gasteiger partial charge in [0.2, 0.25) is 0 Å². The lowest BCUT2D eigenvalue weighted by molar-refractivity contribution is 0.728. The highest BCUT2D eigenvalue weighted by molar-refractivity contribution is 14.0. The molecule has 0 spiro atoms. The second-order valence-electron chi connectivity index (χ2n) is 6.18. The normalized spacial score (nSPS) is 11.2. The minimum atomic E-state index is 0. The molecule has 3 rings (SSSR count). The lowest BCUT2D eigenvalue weighted by Gasteiger charge is -2.11. The molecule has 0 aliphatic rings. The van der Waals surface area contributed by atoms with E-state index in [1.54, 1.807) is 7.05 Å². The van der Waals surface area contributed by atoms with Crippen molar-refractivity contribution in [3.63, 3.8) is 0 Å². The van der Waals surface area contributed by atoms with Gasteiger partial charge in [-0.15, -0.1) is 24.0 Å². The fraction of sp³-hybridized carbons (Fsp3) is 0.316. The Morgan fingerprint density at radius 2 is 1.81 bits per heavy atom. The van der Waals surface area contributed by atoms with E-state index in [0.29, 0.717) is 13.1 Å². The summed E-state index contributed by atoms with van der Waals surface area (Å²) in [6.45, 7) is 5.44. The van der Waals surface area contributed by atoms with Gasteiger partial charge in [-0.05, 0) is 26.0 Å². The third-order valence-electron chi connectivity index (χ3n) is 4.43. The van der Waals surface area contributed by atoms with Gasteiger partial charge in [-0.2, -0.15) is 10.2 Å². The molecule has 3 aromatic rings. The van der Waals surface area contributed by atoms with Gasteiger partial charge in [0.15, 0.2) is 5.96 Å². The van der Waals surface area contributed by atoms with Gasteiger partial charge in [-0.25, -0.2) is 4.68 Å². The predicted molar refractivity (Wildman–Crippen MR) is 119 cm³/mol. The summed E-state index contributed by atoms with van der Waals surface area (Å²) in [7, 11) is 3.73. The van der Waals surface area contributed by atoms with Crippen LogP contribution in [0.15, 0.2) is 47.7 Å². The predicted octanol–water partition coefficient (Wildman–Crippen LogP) is 2.71. The lowest BCUT2D eigenvalue weighted by Crippen LogP contribution is -2.36. The van der Waals surface area contributed by atoms with Crippen LogP contribution < -0.4 is 10.6 Å². The van der Waals surface area contributed by atoms with Crippen molar-refractivity contribution in [1.82, 2.24) is 30.2 Å². The Bertz CT molecular complexity index is 896. The Kier molecular flexibility index (Phi) is 7.40. The van der Waals surface area contributed by atoms with Crippen molar-refractivity contribution >= 4 is 29.9 Å². The molecule has 0 amide bonds. The molecular weight excluding hydrogens is 453 g/mol. The first-order valence-corrected chi connectivity index (χ1v) is 8.61. The van der Waals surface area contributed by atoms with Gasteiger partial charge in [0.05, 0.1) is 17.6 Å². The monoisotopic (exact) mass is 479 g/mol. The summed E-state index contributed by atoms with van der Waals surface area (Å²) >= 11 is 0. The summed E-state index contributed by atoms with van der Waals surface area (Å²) in [6.07, 6.45) is 3.88. The maximum absolute atomic E-state index is 4.44. The molecule has 2 N–H and O–H groups in total. The topological polar surface area (TPSA) is 72.1 Å². The molecule has 1 aromatic carbocycles. The largest absolute Gasteiger partial charge is 0.352 e. The number of para-hydroxylation sites is 1. The number of halogens is 1. The SMILES string of the molecule is CN=C(NCc1cnn(-c2ccccc2)c1)NCc1c(C)nn(C)c1C.I. The molecule has 0 bridgehead atoms. The Labute approximate surface area is 176 Å². The first kappa shape index (κ1) is 20.9. The second kappa shape index (κ2) is 9.54. The number of rotatable bonds is 5.